The molecule has 0 atom stereocenters. The Morgan fingerprint density at radius 2 is 1.45 bits per heavy atom. The van der Waals surface area contributed by atoms with E-state index in [2.05, 4.69) is 22.8 Å². The SMILES string of the molecule is CCCCCCCCCCCCCC(=O)NCC(=O)N/N=C/c1cn(-c2ccccc2)nc1-c1ccc(C)cc1. The van der Waals surface area contributed by atoms with Crippen LogP contribution in [0, 0.1) is 6.92 Å². The minimum Gasteiger partial charge on any atom is -0.347 e. The predicted molar refractivity (Wildman–Crippen MR) is 164 cm³/mol. The van der Waals surface area contributed by atoms with E-state index in [-0.39, 0.29) is 18.4 Å². The van der Waals surface area contributed by atoms with Crippen LogP contribution in [0.15, 0.2) is 65.9 Å². The van der Waals surface area contributed by atoms with Crippen LogP contribution in [0.25, 0.3) is 16.9 Å². The van der Waals surface area contributed by atoms with E-state index in [1.807, 2.05) is 67.7 Å². The summed E-state index contributed by atoms with van der Waals surface area (Å²) in [6.07, 6.45) is 17.6. The van der Waals surface area contributed by atoms with Crippen LogP contribution in [0.1, 0.15) is 95.1 Å². The lowest BCUT2D eigenvalue weighted by atomic mass is 10.1. The molecule has 3 rings (SSSR count). The molecular weight excluding hydrogens is 498 g/mol. The molecule has 0 unspecified atom stereocenters. The van der Waals surface area contributed by atoms with E-state index >= 15 is 0 Å². The summed E-state index contributed by atoms with van der Waals surface area (Å²) in [5.74, 6) is -0.461. The van der Waals surface area contributed by atoms with Gasteiger partial charge in [-0.2, -0.15) is 10.2 Å². The fourth-order valence-electron chi connectivity index (χ4n) is 4.56. The maximum atomic E-state index is 12.3. The van der Waals surface area contributed by atoms with Crippen molar-refractivity contribution in [3.8, 4) is 16.9 Å². The van der Waals surface area contributed by atoms with Gasteiger partial charge in [0.1, 0.15) is 5.69 Å². The third-order valence-electron chi connectivity index (χ3n) is 6.93. The first-order valence-electron chi connectivity index (χ1n) is 14.9. The monoisotopic (exact) mass is 543 g/mol. The van der Waals surface area contributed by atoms with Gasteiger partial charge in [-0.25, -0.2) is 10.1 Å². The Balaban J connectivity index is 1.38. The van der Waals surface area contributed by atoms with Crippen LogP contribution >= 0.6 is 0 Å². The molecule has 0 saturated heterocycles. The number of rotatable bonds is 18. The molecule has 0 aliphatic rings. The van der Waals surface area contributed by atoms with Crippen LogP contribution < -0.4 is 10.7 Å². The quantitative estimate of drug-likeness (QED) is 0.102. The molecule has 0 aliphatic carbocycles. The van der Waals surface area contributed by atoms with Crippen molar-refractivity contribution in [2.45, 2.75) is 90.9 Å². The standard InChI is InChI=1S/C33H45N5O2/c1-3-4-5-6-7-8-9-10-11-12-16-19-31(39)34-25-32(40)36-35-24-29-26-38(30-17-14-13-15-18-30)37-33(29)28-22-20-27(2)21-23-28/h13-15,17-18,20-24,26H,3-12,16,19,25H2,1-2H3,(H,34,39)(H,36,40)/b35-24+. The fraction of sp³-hybridized carbons (Fsp3) is 0.455. The molecule has 0 aliphatic heterocycles. The van der Waals surface area contributed by atoms with Gasteiger partial charge in [0.05, 0.1) is 18.4 Å². The number of carbonyl (C=O) groups excluding carboxylic acids is 2. The Morgan fingerprint density at radius 1 is 0.825 bits per heavy atom. The second-order valence-electron chi connectivity index (χ2n) is 10.4. The Bertz CT molecular complexity index is 1190. The first-order valence-corrected chi connectivity index (χ1v) is 14.9. The maximum absolute atomic E-state index is 12.3. The molecule has 214 valence electrons. The molecule has 0 bridgehead atoms. The molecule has 0 spiro atoms. The van der Waals surface area contributed by atoms with Crippen molar-refractivity contribution in [3.63, 3.8) is 0 Å². The van der Waals surface area contributed by atoms with Gasteiger partial charge in [-0.1, -0.05) is 119 Å². The van der Waals surface area contributed by atoms with E-state index < -0.39 is 0 Å². The highest BCUT2D eigenvalue weighted by molar-refractivity contribution is 5.90. The van der Waals surface area contributed by atoms with Crippen LogP contribution in [-0.4, -0.2) is 34.4 Å². The van der Waals surface area contributed by atoms with Crippen molar-refractivity contribution in [3.05, 3.63) is 71.9 Å². The average Bonchev–Trinajstić information content (AvgIpc) is 3.40. The van der Waals surface area contributed by atoms with Gasteiger partial charge in [-0.3, -0.25) is 9.59 Å². The third kappa shape index (κ3) is 11.2. The summed E-state index contributed by atoms with van der Waals surface area (Å²) in [6, 6.07) is 18.0. The minimum absolute atomic E-state index is 0.0949. The van der Waals surface area contributed by atoms with E-state index in [1.165, 1.54) is 63.4 Å². The molecule has 2 aromatic carbocycles. The normalized spacial score (nSPS) is 11.2. The zero-order chi connectivity index (χ0) is 28.4. The number of amides is 2. The number of aromatic nitrogens is 2. The number of unbranched alkanes of at least 4 members (excludes halogenated alkanes) is 10. The Kier molecular flexibility index (Phi) is 13.7. The molecule has 7 nitrogen and oxygen atoms in total. The van der Waals surface area contributed by atoms with E-state index in [1.54, 1.807) is 10.9 Å². The van der Waals surface area contributed by atoms with Crippen molar-refractivity contribution < 1.29 is 9.59 Å². The Hall–Kier alpha value is -3.74. The number of para-hydroxylation sites is 1. The molecule has 2 amide bonds. The average molecular weight is 544 g/mol. The molecule has 0 radical (unpaired) electrons. The van der Waals surface area contributed by atoms with Crippen LogP contribution in [0.2, 0.25) is 0 Å². The van der Waals surface area contributed by atoms with Gasteiger partial charge < -0.3 is 5.32 Å². The molecule has 7 heteroatoms. The first-order chi connectivity index (χ1) is 19.6. The highest BCUT2D eigenvalue weighted by Gasteiger charge is 2.11. The molecule has 0 fully saturated rings. The van der Waals surface area contributed by atoms with Crippen LogP contribution in [0.4, 0.5) is 0 Å². The summed E-state index contributed by atoms with van der Waals surface area (Å²) in [6.45, 7) is 4.20. The Morgan fingerprint density at radius 3 is 2.10 bits per heavy atom. The fourth-order valence-corrected chi connectivity index (χ4v) is 4.56. The van der Waals surface area contributed by atoms with Crippen molar-refractivity contribution in [2.24, 2.45) is 5.10 Å². The summed E-state index contributed by atoms with van der Waals surface area (Å²) in [5, 5.41) is 11.6. The van der Waals surface area contributed by atoms with Crippen molar-refractivity contribution in [2.75, 3.05) is 6.54 Å². The lowest BCUT2D eigenvalue weighted by Gasteiger charge is -2.05. The number of hydrogen-bond donors (Lipinski definition) is 2. The van der Waals surface area contributed by atoms with Crippen molar-refractivity contribution in [1.29, 1.82) is 0 Å². The highest BCUT2D eigenvalue weighted by atomic mass is 16.2. The van der Waals surface area contributed by atoms with Gasteiger partial charge in [0.15, 0.2) is 0 Å². The van der Waals surface area contributed by atoms with Gasteiger partial charge in [-0.05, 0) is 25.5 Å². The molecular formula is C33H45N5O2. The third-order valence-corrected chi connectivity index (χ3v) is 6.93. The lowest BCUT2D eigenvalue weighted by Crippen LogP contribution is -2.34. The van der Waals surface area contributed by atoms with E-state index in [0.29, 0.717) is 6.42 Å². The van der Waals surface area contributed by atoms with Gasteiger partial charge in [0, 0.05) is 23.7 Å². The van der Waals surface area contributed by atoms with E-state index in [9.17, 15) is 9.59 Å². The van der Waals surface area contributed by atoms with Gasteiger partial charge in [-0.15, -0.1) is 0 Å². The lowest BCUT2D eigenvalue weighted by molar-refractivity contribution is -0.126. The topological polar surface area (TPSA) is 88.4 Å². The predicted octanol–water partition coefficient (Wildman–Crippen LogP) is 7.12. The Labute approximate surface area is 239 Å². The maximum Gasteiger partial charge on any atom is 0.259 e. The molecule has 1 heterocycles. The number of nitrogens with one attached hydrogen (secondary N) is 2. The molecule has 0 saturated carbocycles. The molecule has 3 aromatic rings. The molecule has 40 heavy (non-hydrogen) atoms. The highest BCUT2D eigenvalue weighted by Crippen LogP contribution is 2.23. The molecule has 1 aromatic heterocycles. The van der Waals surface area contributed by atoms with Gasteiger partial charge >= 0.3 is 0 Å². The van der Waals surface area contributed by atoms with Gasteiger partial charge in [0.2, 0.25) is 5.91 Å². The second kappa shape index (κ2) is 17.8. The number of carbonyl (C=O) groups is 2. The van der Waals surface area contributed by atoms with Crippen LogP contribution in [0.5, 0.6) is 0 Å². The number of nitrogens with zero attached hydrogens (tertiary/aromatic N) is 3. The largest absolute Gasteiger partial charge is 0.347 e. The van der Waals surface area contributed by atoms with Crippen LogP contribution in [-0.2, 0) is 9.59 Å². The van der Waals surface area contributed by atoms with Crippen molar-refractivity contribution in [1.82, 2.24) is 20.5 Å². The second-order valence-corrected chi connectivity index (χ2v) is 10.4. The molecule has 2 N–H and O–H groups in total. The van der Waals surface area contributed by atoms with E-state index in [0.717, 1.165) is 35.3 Å². The summed E-state index contributed by atoms with van der Waals surface area (Å²) in [7, 11) is 0. The summed E-state index contributed by atoms with van der Waals surface area (Å²) in [5.41, 5.74) is 7.11. The minimum atomic E-state index is -0.365. The number of hydrazone groups is 1. The first kappa shape index (κ1) is 30.8. The number of hydrogen-bond acceptors (Lipinski definition) is 4. The zero-order valence-electron chi connectivity index (χ0n) is 24.2. The number of aryl methyl sites for hydroxylation is 1. The van der Waals surface area contributed by atoms with Crippen molar-refractivity contribution >= 4 is 18.0 Å². The van der Waals surface area contributed by atoms with Crippen LogP contribution in [0.3, 0.4) is 0 Å². The van der Waals surface area contributed by atoms with E-state index in [4.69, 9.17) is 5.10 Å². The summed E-state index contributed by atoms with van der Waals surface area (Å²) >= 11 is 0. The summed E-state index contributed by atoms with van der Waals surface area (Å²) in [4.78, 5) is 24.4. The van der Waals surface area contributed by atoms with Gasteiger partial charge in [0.25, 0.3) is 5.91 Å². The number of benzene rings is 2. The smallest absolute Gasteiger partial charge is 0.259 e. The summed E-state index contributed by atoms with van der Waals surface area (Å²) < 4.78 is 1.80. The zero-order valence-corrected chi connectivity index (χ0v) is 24.2.